The molecule has 2 atom stereocenters. The molecular formula is C32H41ClN4O6. The van der Waals surface area contributed by atoms with Gasteiger partial charge in [-0.25, -0.2) is 0 Å². The molecule has 4 rings (SSSR count). The smallest absolute Gasteiger partial charge is 0.255 e. The highest BCUT2D eigenvalue weighted by molar-refractivity contribution is 6.30. The third-order valence-corrected chi connectivity index (χ3v) is 8.21. The van der Waals surface area contributed by atoms with Gasteiger partial charge in [-0.1, -0.05) is 56.8 Å². The Balaban J connectivity index is 1.53. The van der Waals surface area contributed by atoms with Crippen LogP contribution in [0.15, 0.2) is 48.5 Å². The van der Waals surface area contributed by atoms with Gasteiger partial charge < -0.3 is 30.7 Å². The lowest BCUT2D eigenvalue weighted by Crippen LogP contribution is -2.62. The standard InChI is InChI=1S/C32H41ClN4O6/c1-21(2)26-20-43-27-9-5-4-8-24(27)29(39)35-25(30(40)34-18-19-42-23-12-10-22(33)11-13-23)14-15-28(38)37-32(31(41)36-26)16-6-3-7-17-32/h4-5,8-13,21,25-26H,3,6-7,14-20H2,1-2H3,(H,34,40)(H,35,39)(H,36,41)(H,37,38)/t25-,26-/m0/s1. The lowest BCUT2D eigenvalue weighted by atomic mass is 9.80. The minimum absolute atomic E-state index is 0.0358. The zero-order chi connectivity index (χ0) is 30.8. The number of fused-ring (bicyclic) bond motifs is 1. The number of nitrogens with one attached hydrogen (secondary N) is 4. The zero-order valence-electron chi connectivity index (χ0n) is 24.7. The second-order valence-electron chi connectivity index (χ2n) is 11.5. The van der Waals surface area contributed by atoms with Crippen LogP contribution >= 0.6 is 11.6 Å². The number of carbonyl (C=O) groups is 4. The summed E-state index contributed by atoms with van der Waals surface area (Å²) in [6, 6.07) is 12.3. The van der Waals surface area contributed by atoms with Crippen LogP contribution in [0.25, 0.3) is 0 Å². The lowest BCUT2D eigenvalue weighted by molar-refractivity contribution is -0.136. The molecule has 1 saturated carbocycles. The number of carbonyl (C=O) groups excluding carboxylic acids is 4. The first-order valence-corrected chi connectivity index (χ1v) is 15.4. The van der Waals surface area contributed by atoms with Crippen molar-refractivity contribution in [2.75, 3.05) is 19.8 Å². The van der Waals surface area contributed by atoms with Gasteiger partial charge in [-0.3, -0.25) is 19.2 Å². The Morgan fingerprint density at radius 1 is 1.05 bits per heavy atom. The fourth-order valence-corrected chi connectivity index (χ4v) is 5.46. The molecule has 2 aromatic rings. The van der Waals surface area contributed by atoms with Crippen molar-refractivity contribution < 1.29 is 28.7 Å². The SMILES string of the molecule is CC(C)[C@@H]1COc2ccccc2C(=O)N[C@H](C(=O)NCCOc2ccc(Cl)cc2)CCC(=O)NC2(CCCCC2)C(=O)N1. The van der Waals surface area contributed by atoms with Crippen molar-refractivity contribution >= 4 is 35.2 Å². The number of amides is 4. The summed E-state index contributed by atoms with van der Waals surface area (Å²) in [6.07, 6.45) is 3.69. The first kappa shape index (κ1) is 32.1. The van der Waals surface area contributed by atoms with Crippen molar-refractivity contribution in [2.24, 2.45) is 5.92 Å². The minimum Gasteiger partial charge on any atom is -0.492 e. The third-order valence-electron chi connectivity index (χ3n) is 7.96. The van der Waals surface area contributed by atoms with E-state index in [1.165, 1.54) is 0 Å². The van der Waals surface area contributed by atoms with Gasteiger partial charge in [0.1, 0.15) is 36.3 Å². The summed E-state index contributed by atoms with van der Waals surface area (Å²) >= 11 is 5.91. The largest absolute Gasteiger partial charge is 0.492 e. The fraction of sp³-hybridized carbons (Fsp3) is 0.500. The molecule has 2 aromatic carbocycles. The zero-order valence-corrected chi connectivity index (χ0v) is 25.5. The number of ether oxygens (including phenoxy) is 2. The minimum atomic E-state index is -1.03. The van der Waals surface area contributed by atoms with Gasteiger partial charge in [0.2, 0.25) is 17.7 Å². The lowest BCUT2D eigenvalue weighted by Gasteiger charge is -2.38. The quantitative estimate of drug-likeness (QED) is 0.367. The Morgan fingerprint density at radius 2 is 1.77 bits per heavy atom. The Kier molecular flexibility index (Phi) is 11.3. The van der Waals surface area contributed by atoms with Crippen molar-refractivity contribution in [1.29, 1.82) is 0 Å². The highest BCUT2D eigenvalue weighted by atomic mass is 35.5. The van der Waals surface area contributed by atoms with Crippen LogP contribution in [0.3, 0.4) is 0 Å². The van der Waals surface area contributed by atoms with Crippen LogP contribution in [0.4, 0.5) is 0 Å². The maximum absolute atomic E-state index is 13.7. The molecule has 0 aromatic heterocycles. The van der Waals surface area contributed by atoms with Gasteiger partial charge in [-0.05, 0) is 61.6 Å². The number of rotatable bonds is 6. The summed E-state index contributed by atoms with van der Waals surface area (Å²) in [5.41, 5.74) is -0.774. The molecule has 43 heavy (non-hydrogen) atoms. The van der Waals surface area contributed by atoms with Crippen molar-refractivity contribution in [1.82, 2.24) is 21.3 Å². The molecule has 11 heteroatoms. The van der Waals surface area contributed by atoms with Crippen LogP contribution in [0.2, 0.25) is 5.02 Å². The van der Waals surface area contributed by atoms with E-state index in [1.54, 1.807) is 48.5 Å². The van der Waals surface area contributed by atoms with Crippen molar-refractivity contribution in [2.45, 2.75) is 76.4 Å². The Bertz CT molecular complexity index is 1280. The van der Waals surface area contributed by atoms with E-state index in [1.807, 2.05) is 13.8 Å². The van der Waals surface area contributed by atoms with E-state index in [-0.39, 0.29) is 61.9 Å². The van der Waals surface area contributed by atoms with Crippen molar-refractivity contribution in [3.05, 3.63) is 59.1 Å². The van der Waals surface area contributed by atoms with Gasteiger partial charge in [-0.2, -0.15) is 0 Å². The second-order valence-corrected chi connectivity index (χ2v) is 11.9. The Labute approximate surface area is 257 Å². The first-order chi connectivity index (χ1) is 20.7. The molecule has 0 saturated heterocycles. The predicted molar refractivity (Wildman–Crippen MR) is 163 cm³/mol. The fourth-order valence-electron chi connectivity index (χ4n) is 5.34. The number of para-hydroxylation sites is 1. The van der Waals surface area contributed by atoms with E-state index in [0.717, 1.165) is 19.3 Å². The van der Waals surface area contributed by atoms with Gasteiger partial charge in [-0.15, -0.1) is 0 Å². The van der Waals surface area contributed by atoms with Crippen LogP contribution < -0.4 is 30.7 Å². The molecule has 0 radical (unpaired) electrons. The molecule has 1 aliphatic heterocycles. The maximum Gasteiger partial charge on any atom is 0.255 e. The summed E-state index contributed by atoms with van der Waals surface area (Å²) in [6.45, 7) is 4.47. The topological polar surface area (TPSA) is 135 Å². The van der Waals surface area contributed by atoms with E-state index >= 15 is 0 Å². The monoisotopic (exact) mass is 612 g/mol. The van der Waals surface area contributed by atoms with Crippen molar-refractivity contribution in [3.8, 4) is 11.5 Å². The highest BCUT2D eigenvalue weighted by Crippen LogP contribution is 2.29. The average molecular weight is 613 g/mol. The molecule has 1 heterocycles. The van der Waals surface area contributed by atoms with E-state index in [4.69, 9.17) is 21.1 Å². The highest BCUT2D eigenvalue weighted by Gasteiger charge is 2.42. The van der Waals surface area contributed by atoms with Gasteiger partial charge in [0.05, 0.1) is 18.2 Å². The molecule has 1 fully saturated rings. The first-order valence-electron chi connectivity index (χ1n) is 15.0. The van der Waals surface area contributed by atoms with E-state index in [9.17, 15) is 19.2 Å². The van der Waals surface area contributed by atoms with E-state index in [0.29, 0.717) is 29.4 Å². The number of hydrogen-bond donors (Lipinski definition) is 4. The van der Waals surface area contributed by atoms with Gasteiger partial charge in [0.25, 0.3) is 5.91 Å². The van der Waals surface area contributed by atoms with Crippen LogP contribution in [0.1, 0.15) is 69.2 Å². The summed E-state index contributed by atoms with van der Waals surface area (Å²) in [5.74, 6) is -0.543. The Morgan fingerprint density at radius 3 is 2.49 bits per heavy atom. The molecule has 1 spiro atoms. The molecule has 10 nitrogen and oxygen atoms in total. The third kappa shape index (κ3) is 8.86. The Hall–Kier alpha value is -3.79. The van der Waals surface area contributed by atoms with Crippen molar-refractivity contribution in [3.63, 3.8) is 0 Å². The number of benzene rings is 2. The molecule has 1 aliphatic carbocycles. The van der Waals surface area contributed by atoms with Gasteiger partial charge >= 0.3 is 0 Å². The van der Waals surface area contributed by atoms with E-state index < -0.39 is 23.4 Å². The van der Waals surface area contributed by atoms with Gasteiger partial charge in [0, 0.05) is 11.4 Å². The average Bonchev–Trinajstić information content (AvgIpc) is 3.00. The normalized spacial score (nSPS) is 21.3. The maximum atomic E-state index is 13.7. The van der Waals surface area contributed by atoms with Crippen LogP contribution in [-0.4, -0.2) is 61.0 Å². The second kappa shape index (κ2) is 15.1. The molecular weight excluding hydrogens is 572 g/mol. The number of halogens is 1. The van der Waals surface area contributed by atoms with Crippen LogP contribution in [0.5, 0.6) is 11.5 Å². The molecule has 0 bridgehead atoms. The van der Waals surface area contributed by atoms with Crippen LogP contribution in [0, 0.1) is 5.92 Å². The molecule has 4 amide bonds. The molecule has 232 valence electrons. The molecule has 0 unspecified atom stereocenters. The van der Waals surface area contributed by atoms with Crippen LogP contribution in [-0.2, 0) is 14.4 Å². The molecule has 2 aliphatic rings. The summed E-state index contributed by atoms with van der Waals surface area (Å²) in [5, 5.41) is 12.3. The summed E-state index contributed by atoms with van der Waals surface area (Å²) in [4.78, 5) is 53.6. The summed E-state index contributed by atoms with van der Waals surface area (Å²) < 4.78 is 11.7. The van der Waals surface area contributed by atoms with Gasteiger partial charge in [0.15, 0.2) is 0 Å². The summed E-state index contributed by atoms with van der Waals surface area (Å²) in [7, 11) is 0. The van der Waals surface area contributed by atoms with E-state index in [2.05, 4.69) is 21.3 Å². The number of hydrogen-bond acceptors (Lipinski definition) is 6. The molecule has 4 N–H and O–H groups in total. The predicted octanol–water partition coefficient (Wildman–Crippen LogP) is 3.77.